The third-order valence-corrected chi connectivity index (χ3v) is 1.52. The van der Waals surface area contributed by atoms with Crippen molar-refractivity contribution in [1.82, 2.24) is 0 Å². The maximum absolute atomic E-state index is 8.95. The highest BCUT2D eigenvalue weighted by Gasteiger charge is 1.95. The molecule has 0 radical (unpaired) electrons. The van der Waals surface area contributed by atoms with Crippen LogP contribution in [-0.4, -0.2) is 22.9 Å². The van der Waals surface area contributed by atoms with Gasteiger partial charge >= 0.3 is 0 Å². The number of rotatable bonds is 6. The van der Waals surface area contributed by atoms with Crippen LogP contribution >= 0.6 is 0 Å². The van der Waals surface area contributed by atoms with E-state index in [2.05, 4.69) is 6.08 Å². The fourth-order valence-electron chi connectivity index (χ4n) is 0.805. The summed E-state index contributed by atoms with van der Waals surface area (Å²) in [5, 5.41) is 17.4. The number of aliphatic hydroxyl groups is 2. The summed E-state index contributed by atoms with van der Waals surface area (Å²) in [6, 6.07) is 0. The van der Waals surface area contributed by atoms with Gasteiger partial charge in [-0.1, -0.05) is 24.3 Å². The lowest BCUT2D eigenvalue weighted by Gasteiger charge is -2.00. The third kappa shape index (κ3) is 7.51. The minimum absolute atomic E-state index is 0.154. The molecule has 0 aromatic heterocycles. The molecular formula is C10H18O2. The molecular weight excluding hydrogens is 152 g/mol. The summed E-state index contributed by atoms with van der Waals surface area (Å²) in [5.41, 5.74) is 0. The highest BCUT2D eigenvalue weighted by atomic mass is 16.3. The third-order valence-electron chi connectivity index (χ3n) is 1.52. The molecule has 0 saturated carbocycles. The Bertz CT molecular complexity index is 139. The first kappa shape index (κ1) is 11.4. The van der Waals surface area contributed by atoms with Crippen molar-refractivity contribution in [2.24, 2.45) is 0 Å². The molecule has 0 aliphatic rings. The van der Waals surface area contributed by atoms with Crippen LogP contribution in [0.4, 0.5) is 0 Å². The van der Waals surface area contributed by atoms with Gasteiger partial charge in [0.25, 0.3) is 0 Å². The summed E-state index contributed by atoms with van der Waals surface area (Å²) < 4.78 is 0. The second-order valence-electron chi connectivity index (χ2n) is 2.69. The number of allylic oxidation sites excluding steroid dienone is 3. The van der Waals surface area contributed by atoms with Crippen LogP contribution in [0.1, 0.15) is 26.2 Å². The number of hydrogen-bond donors (Lipinski definition) is 2. The molecule has 1 atom stereocenters. The Labute approximate surface area is 74.2 Å². The normalized spacial score (nSPS) is 14.6. The summed E-state index contributed by atoms with van der Waals surface area (Å²) in [6.07, 6.45) is 10.1. The van der Waals surface area contributed by atoms with Crippen LogP contribution in [0.5, 0.6) is 0 Å². The van der Waals surface area contributed by atoms with E-state index in [4.69, 9.17) is 10.2 Å². The van der Waals surface area contributed by atoms with E-state index < -0.39 is 6.10 Å². The van der Waals surface area contributed by atoms with Crippen molar-refractivity contribution in [3.05, 3.63) is 24.3 Å². The van der Waals surface area contributed by atoms with E-state index in [9.17, 15) is 0 Å². The van der Waals surface area contributed by atoms with Gasteiger partial charge in [-0.05, 0) is 26.2 Å². The van der Waals surface area contributed by atoms with Crippen molar-refractivity contribution < 1.29 is 10.2 Å². The highest BCUT2D eigenvalue weighted by molar-refractivity contribution is 4.87. The summed E-state index contributed by atoms with van der Waals surface area (Å²) in [6.45, 7) is 1.85. The van der Waals surface area contributed by atoms with Crippen molar-refractivity contribution in [2.75, 3.05) is 6.61 Å². The molecule has 0 heterocycles. The predicted octanol–water partition coefficient (Wildman–Crippen LogP) is 1.64. The van der Waals surface area contributed by atoms with Gasteiger partial charge < -0.3 is 10.2 Å². The molecule has 0 fully saturated rings. The Hall–Kier alpha value is -0.600. The molecule has 1 unspecified atom stereocenters. The second-order valence-corrected chi connectivity index (χ2v) is 2.69. The average Bonchev–Trinajstić information content (AvgIpc) is 2.10. The van der Waals surface area contributed by atoms with Gasteiger partial charge in [-0.3, -0.25) is 0 Å². The Morgan fingerprint density at radius 2 is 1.83 bits per heavy atom. The van der Waals surface area contributed by atoms with E-state index in [1.54, 1.807) is 0 Å². The van der Waals surface area contributed by atoms with Crippen LogP contribution in [-0.2, 0) is 0 Å². The van der Waals surface area contributed by atoms with E-state index in [0.717, 1.165) is 12.8 Å². The van der Waals surface area contributed by atoms with Gasteiger partial charge in [-0.15, -0.1) is 0 Å². The molecule has 0 spiro atoms. The summed E-state index contributed by atoms with van der Waals surface area (Å²) in [7, 11) is 0. The first-order valence-corrected chi connectivity index (χ1v) is 4.36. The molecule has 2 nitrogen and oxygen atoms in total. The average molecular weight is 170 g/mol. The maximum Gasteiger partial charge on any atom is 0.0805 e. The Kier molecular flexibility index (Phi) is 8.07. The largest absolute Gasteiger partial charge is 0.394 e. The Morgan fingerprint density at radius 3 is 2.42 bits per heavy atom. The Morgan fingerprint density at radius 1 is 1.17 bits per heavy atom. The van der Waals surface area contributed by atoms with Crippen molar-refractivity contribution >= 4 is 0 Å². The molecule has 0 aliphatic carbocycles. The standard InChI is InChI=1S/C10H18O2/c1-2-3-4-5-6-7-8-10(12)9-11/h2-3,6-7,10-12H,4-5,8-9H2,1H3. The van der Waals surface area contributed by atoms with E-state index in [-0.39, 0.29) is 6.61 Å². The second kappa shape index (κ2) is 8.50. The lowest BCUT2D eigenvalue weighted by Crippen LogP contribution is -2.09. The van der Waals surface area contributed by atoms with Crippen molar-refractivity contribution in [3.8, 4) is 0 Å². The predicted molar refractivity (Wildman–Crippen MR) is 50.9 cm³/mol. The molecule has 0 aromatic carbocycles. The topological polar surface area (TPSA) is 40.5 Å². The zero-order valence-electron chi connectivity index (χ0n) is 7.61. The lowest BCUT2D eigenvalue weighted by atomic mass is 10.2. The zero-order valence-corrected chi connectivity index (χ0v) is 7.61. The quantitative estimate of drug-likeness (QED) is 0.470. The van der Waals surface area contributed by atoms with Crippen LogP contribution in [0.25, 0.3) is 0 Å². The van der Waals surface area contributed by atoms with Crippen LogP contribution in [0, 0.1) is 0 Å². The molecule has 0 bridgehead atoms. The highest BCUT2D eigenvalue weighted by Crippen LogP contribution is 1.96. The van der Waals surface area contributed by atoms with Gasteiger partial charge in [0, 0.05) is 0 Å². The van der Waals surface area contributed by atoms with Gasteiger partial charge in [-0.2, -0.15) is 0 Å². The molecule has 0 aliphatic heterocycles. The Balaban J connectivity index is 3.25. The molecule has 2 heteroatoms. The molecule has 2 N–H and O–H groups in total. The lowest BCUT2D eigenvalue weighted by molar-refractivity contribution is 0.0975. The zero-order chi connectivity index (χ0) is 9.23. The van der Waals surface area contributed by atoms with E-state index in [1.165, 1.54) is 0 Å². The van der Waals surface area contributed by atoms with Crippen LogP contribution in [0.2, 0.25) is 0 Å². The number of unbranched alkanes of at least 4 members (excludes halogenated alkanes) is 1. The van der Waals surface area contributed by atoms with Crippen LogP contribution < -0.4 is 0 Å². The monoisotopic (exact) mass is 170 g/mol. The molecule has 0 aromatic rings. The van der Waals surface area contributed by atoms with Gasteiger partial charge in [0.05, 0.1) is 12.7 Å². The number of aliphatic hydroxyl groups excluding tert-OH is 2. The molecule has 0 rings (SSSR count). The van der Waals surface area contributed by atoms with Crippen LogP contribution in [0.15, 0.2) is 24.3 Å². The first-order valence-electron chi connectivity index (χ1n) is 4.36. The van der Waals surface area contributed by atoms with E-state index >= 15 is 0 Å². The van der Waals surface area contributed by atoms with Gasteiger partial charge in [0.15, 0.2) is 0 Å². The molecule has 0 amide bonds. The minimum Gasteiger partial charge on any atom is -0.394 e. The summed E-state index contributed by atoms with van der Waals surface area (Å²) >= 11 is 0. The van der Waals surface area contributed by atoms with Crippen LogP contribution in [0.3, 0.4) is 0 Å². The summed E-state index contributed by atoms with van der Waals surface area (Å²) in [5.74, 6) is 0. The first-order chi connectivity index (χ1) is 5.81. The summed E-state index contributed by atoms with van der Waals surface area (Å²) in [4.78, 5) is 0. The van der Waals surface area contributed by atoms with Gasteiger partial charge in [0.2, 0.25) is 0 Å². The van der Waals surface area contributed by atoms with Crippen molar-refractivity contribution in [2.45, 2.75) is 32.3 Å². The van der Waals surface area contributed by atoms with Gasteiger partial charge in [-0.25, -0.2) is 0 Å². The van der Waals surface area contributed by atoms with E-state index in [1.807, 2.05) is 25.2 Å². The fourth-order valence-corrected chi connectivity index (χ4v) is 0.805. The number of hydrogen-bond acceptors (Lipinski definition) is 2. The van der Waals surface area contributed by atoms with Gasteiger partial charge in [0.1, 0.15) is 0 Å². The molecule has 70 valence electrons. The van der Waals surface area contributed by atoms with Crippen molar-refractivity contribution in [3.63, 3.8) is 0 Å². The molecule has 0 saturated heterocycles. The smallest absolute Gasteiger partial charge is 0.0805 e. The minimum atomic E-state index is -0.594. The SMILES string of the molecule is CC=CCCC=CCC(O)CO. The fraction of sp³-hybridized carbons (Fsp3) is 0.600. The van der Waals surface area contributed by atoms with E-state index in [0.29, 0.717) is 6.42 Å². The maximum atomic E-state index is 8.95. The van der Waals surface area contributed by atoms with Crippen molar-refractivity contribution in [1.29, 1.82) is 0 Å². The molecule has 12 heavy (non-hydrogen) atoms.